The fourth-order valence-corrected chi connectivity index (χ4v) is 4.03. The van der Waals surface area contributed by atoms with E-state index in [9.17, 15) is 8.42 Å². The molecule has 108 valence electrons. The third-order valence-electron chi connectivity index (χ3n) is 3.16. The molecule has 1 aromatic heterocycles. The quantitative estimate of drug-likeness (QED) is 0.922. The molecule has 0 aliphatic rings. The summed E-state index contributed by atoms with van der Waals surface area (Å²) >= 11 is 1.56. The molecule has 0 radical (unpaired) electrons. The van der Waals surface area contributed by atoms with Gasteiger partial charge in [-0.25, -0.2) is 8.42 Å². The fraction of sp³-hybridized carbons (Fsp3) is 0.286. The van der Waals surface area contributed by atoms with Crippen LogP contribution >= 0.6 is 11.3 Å². The highest BCUT2D eigenvalue weighted by atomic mass is 32.2. The van der Waals surface area contributed by atoms with E-state index in [0.717, 1.165) is 16.7 Å². The van der Waals surface area contributed by atoms with E-state index in [4.69, 9.17) is 5.73 Å². The summed E-state index contributed by atoms with van der Waals surface area (Å²) in [4.78, 5) is 0.332. The molecule has 1 heterocycles. The van der Waals surface area contributed by atoms with Gasteiger partial charge in [-0.1, -0.05) is 12.1 Å². The number of nitrogens with two attached hydrogens (primary N) is 1. The Kier molecular flexibility index (Phi) is 4.59. The van der Waals surface area contributed by atoms with Crippen LogP contribution in [0.1, 0.15) is 16.7 Å². The number of nitrogens with zero attached hydrogens (tertiary/aromatic N) is 1. The molecular formula is C14H18N2O2S2. The molecule has 2 N–H and O–H groups in total. The van der Waals surface area contributed by atoms with Gasteiger partial charge in [-0.15, -0.1) is 0 Å². The van der Waals surface area contributed by atoms with Gasteiger partial charge < -0.3 is 5.73 Å². The molecule has 20 heavy (non-hydrogen) atoms. The Morgan fingerprint density at radius 3 is 2.60 bits per heavy atom. The zero-order valence-electron chi connectivity index (χ0n) is 11.5. The van der Waals surface area contributed by atoms with Crippen molar-refractivity contribution in [3.05, 3.63) is 51.7 Å². The molecule has 0 aliphatic carbocycles. The van der Waals surface area contributed by atoms with Gasteiger partial charge in [0.1, 0.15) is 0 Å². The molecule has 0 atom stereocenters. The average Bonchev–Trinajstić information content (AvgIpc) is 2.92. The van der Waals surface area contributed by atoms with Crippen LogP contribution in [0.25, 0.3) is 0 Å². The standard InChI is InChI=1S/C14H18N2O2S2/c1-11-3-4-12(8-15)7-14(11)20(17,18)16(2)9-13-5-6-19-10-13/h3-7,10H,8-9,15H2,1-2H3. The van der Waals surface area contributed by atoms with Gasteiger partial charge in [0.2, 0.25) is 10.0 Å². The third kappa shape index (κ3) is 3.09. The van der Waals surface area contributed by atoms with Crippen LogP contribution < -0.4 is 5.73 Å². The zero-order chi connectivity index (χ0) is 14.8. The minimum Gasteiger partial charge on any atom is -0.326 e. The molecule has 0 fully saturated rings. The Bertz CT molecular complexity index is 679. The molecule has 2 aromatic rings. The molecule has 6 heteroatoms. The lowest BCUT2D eigenvalue weighted by molar-refractivity contribution is 0.466. The van der Waals surface area contributed by atoms with Crippen molar-refractivity contribution in [3.63, 3.8) is 0 Å². The molecule has 4 nitrogen and oxygen atoms in total. The van der Waals surface area contributed by atoms with Gasteiger partial charge in [0.25, 0.3) is 0 Å². The number of hydrogen-bond donors (Lipinski definition) is 1. The first-order valence-corrected chi connectivity index (χ1v) is 8.60. The molecular weight excluding hydrogens is 292 g/mol. The maximum absolute atomic E-state index is 12.6. The van der Waals surface area contributed by atoms with Gasteiger partial charge in [0.05, 0.1) is 4.90 Å². The highest BCUT2D eigenvalue weighted by Gasteiger charge is 2.23. The van der Waals surface area contributed by atoms with Crippen molar-refractivity contribution >= 4 is 21.4 Å². The van der Waals surface area contributed by atoms with Crippen molar-refractivity contribution in [2.75, 3.05) is 7.05 Å². The minimum absolute atomic E-state index is 0.330. The van der Waals surface area contributed by atoms with Crippen LogP contribution in [0.5, 0.6) is 0 Å². The summed E-state index contributed by atoms with van der Waals surface area (Å²) in [6.45, 7) is 2.50. The van der Waals surface area contributed by atoms with E-state index in [1.807, 2.05) is 22.9 Å². The SMILES string of the molecule is Cc1ccc(CN)cc1S(=O)(=O)N(C)Cc1ccsc1. The topological polar surface area (TPSA) is 63.4 Å². The molecule has 0 aliphatic heterocycles. The van der Waals surface area contributed by atoms with E-state index in [1.54, 1.807) is 37.4 Å². The van der Waals surface area contributed by atoms with Gasteiger partial charge in [-0.2, -0.15) is 15.6 Å². The van der Waals surface area contributed by atoms with Gasteiger partial charge in [0, 0.05) is 20.1 Å². The maximum atomic E-state index is 12.6. The summed E-state index contributed by atoms with van der Waals surface area (Å²) in [5, 5.41) is 3.89. The van der Waals surface area contributed by atoms with Crippen molar-refractivity contribution in [3.8, 4) is 0 Å². The fourth-order valence-electron chi connectivity index (χ4n) is 1.94. The number of aryl methyl sites for hydroxylation is 1. The summed E-state index contributed by atoms with van der Waals surface area (Å²) in [5.41, 5.74) is 8.14. The molecule has 0 bridgehead atoms. The van der Waals surface area contributed by atoms with Gasteiger partial charge in [-0.3, -0.25) is 0 Å². The van der Waals surface area contributed by atoms with Crippen molar-refractivity contribution < 1.29 is 8.42 Å². The van der Waals surface area contributed by atoms with Gasteiger partial charge in [0.15, 0.2) is 0 Å². The van der Waals surface area contributed by atoms with E-state index in [0.29, 0.717) is 18.0 Å². The predicted octanol–water partition coefficient (Wildman–Crippen LogP) is 2.34. The molecule has 0 spiro atoms. The maximum Gasteiger partial charge on any atom is 0.243 e. The van der Waals surface area contributed by atoms with Gasteiger partial charge in [-0.05, 0) is 46.5 Å². The second-order valence-corrected chi connectivity index (χ2v) is 7.49. The molecule has 2 rings (SSSR count). The number of thiophene rings is 1. The van der Waals surface area contributed by atoms with Crippen molar-refractivity contribution in [1.29, 1.82) is 0 Å². The largest absolute Gasteiger partial charge is 0.326 e. The first-order chi connectivity index (χ1) is 9.45. The Balaban J connectivity index is 2.34. The highest BCUT2D eigenvalue weighted by molar-refractivity contribution is 7.89. The predicted molar refractivity (Wildman–Crippen MR) is 82.0 cm³/mol. The summed E-state index contributed by atoms with van der Waals surface area (Å²) < 4.78 is 26.6. The zero-order valence-corrected chi connectivity index (χ0v) is 13.2. The smallest absolute Gasteiger partial charge is 0.243 e. The van der Waals surface area contributed by atoms with Gasteiger partial charge >= 0.3 is 0 Å². The summed E-state index contributed by atoms with van der Waals surface area (Å²) in [7, 11) is -1.90. The first-order valence-electron chi connectivity index (χ1n) is 6.22. The van der Waals surface area contributed by atoms with E-state index in [1.165, 1.54) is 4.31 Å². The van der Waals surface area contributed by atoms with Crippen LogP contribution in [0, 0.1) is 6.92 Å². The second-order valence-electron chi connectivity index (χ2n) is 4.70. The van der Waals surface area contributed by atoms with Crippen molar-refractivity contribution in [2.24, 2.45) is 5.73 Å². The lowest BCUT2D eigenvalue weighted by Gasteiger charge is -2.18. The molecule has 0 saturated carbocycles. The number of sulfonamides is 1. The molecule has 0 unspecified atom stereocenters. The lowest BCUT2D eigenvalue weighted by atomic mass is 10.1. The van der Waals surface area contributed by atoms with Crippen LogP contribution in [0.15, 0.2) is 39.9 Å². The summed E-state index contributed by atoms with van der Waals surface area (Å²) in [6.07, 6.45) is 0. The monoisotopic (exact) mass is 310 g/mol. The molecule has 1 aromatic carbocycles. The van der Waals surface area contributed by atoms with E-state index < -0.39 is 10.0 Å². The average molecular weight is 310 g/mol. The van der Waals surface area contributed by atoms with Crippen LogP contribution in [-0.4, -0.2) is 19.8 Å². The van der Waals surface area contributed by atoms with Crippen LogP contribution in [0.4, 0.5) is 0 Å². The lowest BCUT2D eigenvalue weighted by Crippen LogP contribution is -2.27. The Morgan fingerprint density at radius 2 is 2.00 bits per heavy atom. The van der Waals surface area contributed by atoms with Crippen molar-refractivity contribution in [2.45, 2.75) is 24.9 Å². The highest BCUT2D eigenvalue weighted by Crippen LogP contribution is 2.22. The van der Waals surface area contributed by atoms with E-state index in [2.05, 4.69) is 0 Å². The minimum atomic E-state index is -3.50. The van der Waals surface area contributed by atoms with E-state index in [-0.39, 0.29) is 0 Å². The second kappa shape index (κ2) is 6.05. The molecule has 0 saturated heterocycles. The summed E-state index contributed by atoms with van der Waals surface area (Å²) in [6, 6.07) is 7.25. The summed E-state index contributed by atoms with van der Waals surface area (Å²) in [5.74, 6) is 0. The van der Waals surface area contributed by atoms with Crippen LogP contribution in [-0.2, 0) is 23.1 Å². The Labute approximate surface area is 123 Å². The number of rotatable bonds is 5. The Hall–Kier alpha value is -1.21. The first kappa shape index (κ1) is 15.2. The Morgan fingerprint density at radius 1 is 1.25 bits per heavy atom. The van der Waals surface area contributed by atoms with Crippen LogP contribution in [0.2, 0.25) is 0 Å². The van der Waals surface area contributed by atoms with Crippen molar-refractivity contribution in [1.82, 2.24) is 4.31 Å². The normalized spacial score (nSPS) is 12.0. The number of hydrogen-bond acceptors (Lipinski definition) is 4. The van der Waals surface area contributed by atoms with Crippen LogP contribution in [0.3, 0.4) is 0 Å². The molecule has 0 amide bonds. The number of benzene rings is 1. The third-order valence-corrected chi connectivity index (χ3v) is 5.84. The van der Waals surface area contributed by atoms with E-state index >= 15 is 0 Å².